The number of aromatic nitrogens is 3. The Bertz CT molecular complexity index is 817. The van der Waals surface area contributed by atoms with Crippen molar-refractivity contribution in [2.75, 3.05) is 31.1 Å². The van der Waals surface area contributed by atoms with Gasteiger partial charge >= 0.3 is 0 Å². The summed E-state index contributed by atoms with van der Waals surface area (Å²) in [5, 5.41) is 0. The molecule has 2 aliphatic heterocycles. The maximum atomic E-state index is 13.1. The number of hydrogen-bond acceptors (Lipinski definition) is 5. The van der Waals surface area contributed by atoms with Gasteiger partial charge in [0.2, 0.25) is 5.91 Å². The van der Waals surface area contributed by atoms with Gasteiger partial charge < -0.3 is 9.80 Å². The highest BCUT2D eigenvalue weighted by atomic mass is 16.2. The first-order valence-corrected chi connectivity index (χ1v) is 10.4. The van der Waals surface area contributed by atoms with Gasteiger partial charge in [-0.25, -0.2) is 9.97 Å². The summed E-state index contributed by atoms with van der Waals surface area (Å²) < 4.78 is 0. The molecule has 1 unspecified atom stereocenters. The Morgan fingerprint density at radius 2 is 1.82 bits per heavy atom. The first-order chi connectivity index (χ1) is 13.6. The van der Waals surface area contributed by atoms with Crippen LogP contribution in [0.3, 0.4) is 0 Å². The van der Waals surface area contributed by atoms with Gasteiger partial charge in [-0.05, 0) is 50.7 Å². The number of hydrogen-bond donors (Lipinski definition) is 0. The number of amides is 1. The molecule has 2 aromatic heterocycles. The number of rotatable bonds is 3. The first-order valence-electron chi connectivity index (χ1n) is 10.4. The summed E-state index contributed by atoms with van der Waals surface area (Å²) >= 11 is 0. The highest BCUT2D eigenvalue weighted by molar-refractivity contribution is 5.80. The van der Waals surface area contributed by atoms with E-state index in [2.05, 4.69) is 26.7 Å². The second kappa shape index (κ2) is 8.25. The van der Waals surface area contributed by atoms with E-state index in [-0.39, 0.29) is 5.92 Å². The lowest BCUT2D eigenvalue weighted by atomic mass is 9.93. The summed E-state index contributed by atoms with van der Waals surface area (Å²) in [6, 6.07) is 5.89. The number of aryl methyl sites for hydroxylation is 1. The standard InChI is InChI=1S/C22H29N5O/c1-16-7-12-26(13-8-16)22(28)19-4-3-11-27(15-19)20-14-17(2)24-21(25-20)18-5-9-23-10-6-18/h5-6,9-10,14,16,19H,3-4,7-8,11-13,15H2,1-2H3. The highest BCUT2D eigenvalue weighted by Crippen LogP contribution is 2.27. The Morgan fingerprint density at radius 3 is 2.57 bits per heavy atom. The minimum Gasteiger partial charge on any atom is -0.356 e. The van der Waals surface area contributed by atoms with E-state index in [0.717, 1.165) is 80.7 Å². The molecule has 0 spiro atoms. The quantitative estimate of drug-likeness (QED) is 0.819. The van der Waals surface area contributed by atoms with Crippen LogP contribution in [-0.4, -0.2) is 51.9 Å². The number of pyridine rings is 1. The lowest BCUT2D eigenvalue weighted by Crippen LogP contribution is -2.47. The van der Waals surface area contributed by atoms with Gasteiger partial charge in [0.05, 0.1) is 5.92 Å². The average molecular weight is 380 g/mol. The number of anilines is 1. The van der Waals surface area contributed by atoms with Crippen molar-refractivity contribution in [2.24, 2.45) is 11.8 Å². The average Bonchev–Trinajstić information content (AvgIpc) is 2.74. The zero-order valence-electron chi connectivity index (χ0n) is 16.8. The van der Waals surface area contributed by atoms with E-state index in [4.69, 9.17) is 4.98 Å². The SMILES string of the molecule is Cc1cc(N2CCCC(C(=O)N3CCC(C)CC3)C2)nc(-c2ccncc2)n1. The molecule has 4 heterocycles. The molecule has 0 N–H and O–H groups in total. The Kier molecular flexibility index (Phi) is 5.55. The summed E-state index contributed by atoms with van der Waals surface area (Å²) in [5.74, 6) is 2.78. The first kappa shape index (κ1) is 18.8. The van der Waals surface area contributed by atoms with E-state index in [1.807, 2.05) is 25.1 Å². The van der Waals surface area contributed by atoms with Gasteiger partial charge in [0, 0.05) is 55.9 Å². The largest absolute Gasteiger partial charge is 0.356 e. The third-order valence-electron chi connectivity index (χ3n) is 5.97. The molecule has 1 amide bonds. The van der Waals surface area contributed by atoms with Crippen LogP contribution in [0.25, 0.3) is 11.4 Å². The van der Waals surface area contributed by atoms with Crippen LogP contribution >= 0.6 is 0 Å². The molecule has 0 aliphatic carbocycles. The second-order valence-electron chi connectivity index (χ2n) is 8.22. The summed E-state index contributed by atoms with van der Waals surface area (Å²) in [7, 11) is 0. The Balaban J connectivity index is 1.50. The van der Waals surface area contributed by atoms with Crippen LogP contribution in [-0.2, 0) is 4.79 Å². The molecule has 2 aromatic rings. The van der Waals surface area contributed by atoms with Gasteiger partial charge in [-0.15, -0.1) is 0 Å². The van der Waals surface area contributed by atoms with Gasteiger partial charge in [0.1, 0.15) is 5.82 Å². The molecule has 0 radical (unpaired) electrons. The smallest absolute Gasteiger partial charge is 0.227 e. The topological polar surface area (TPSA) is 62.2 Å². The van der Waals surface area contributed by atoms with Crippen LogP contribution in [0.1, 0.15) is 38.3 Å². The molecule has 0 aromatic carbocycles. The van der Waals surface area contributed by atoms with Gasteiger partial charge in [0.25, 0.3) is 0 Å². The zero-order valence-corrected chi connectivity index (χ0v) is 16.8. The fourth-order valence-corrected chi connectivity index (χ4v) is 4.22. The lowest BCUT2D eigenvalue weighted by molar-refractivity contribution is -0.137. The lowest BCUT2D eigenvalue weighted by Gasteiger charge is -2.37. The minimum absolute atomic E-state index is 0.0711. The highest BCUT2D eigenvalue weighted by Gasteiger charge is 2.31. The summed E-state index contributed by atoms with van der Waals surface area (Å²) in [6.07, 6.45) is 7.77. The molecule has 6 nitrogen and oxygen atoms in total. The van der Waals surface area contributed by atoms with Gasteiger partial charge in [-0.2, -0.15) is 0 Å². The minimum atomic E-state index is 0.0711. The van der Waals surface area contributed by atoms with Crippen LogP contribution < -0.4 is 4.90 Å². The van der Waals surface area contributed by atoms with E-state index in [1.54, 1.807) is 12.4 Å². The fourth-order valence-electron chi connectivity index (χ4n) is 4.22. The fraction of sp³-hybridized carbons (Fsp3) is 0.545. The van der Waals surface area contributed by atoms with Crippen LogP contribution in [0, 0.1) is 18.8 Å². The van der Waals surface area contributed by atoms with E-state index in [0.29, 0.717) is 5.91 Å². The van der Waals surface area contributed by atoms with E-state index in [1.165, 1.54) is 0 Å². The number of carbonyl (C=O) groups excluding carboxylic acids is 1. The van der Waals surface area contributed by atoms with E-state index < -0.39 is 0 Å². The van der Waals surface area contributed by atoms with Gasteiger partial charge in [-0.3, -0.25) is 9.78 Å². The van der Waals surface area contributed by atoms with Crippen molar-refractivity contribution >= 4 is 11.7 Å². The van der Waals surface area contributed by atoms with Crippen LogP contribution in [0.15, 0.2) is 30.6 Å². The Hall–Kier alpha value is -2.50. The van der Waals surface area contributed by atoms with E-state index >= 15 is 0 Å². The summed E-state index contributed by atoms with van der Waals surface area (Å²) in [4.78, 5) is 30.9. The molecule has 6 heteroatoms. The molecule has 2 fully saturated rings. The Labute approximate surface area is 167 Å². The molecular formula is C22H29N5O. The monoisotopic (exact) mass is 379 g/mol. The predicted octanol–water partition coefficient (Wildman–Crippen LogP) is 3.32. The molecule has 148 valence electrons. The summed E-state index contributed by atoms with van der Waals surface area (Å²) in [6.45, 7) is 7.79. The number of likely N-dealkylation sites (tertiary alicyclic amines) is 1. The normalized spacial score (nSPS) is 21.0. The number of nitrogens with zero attached hydrogens (tertiary/aromatic N) is 5. The van der Waals surface area contributed by atoms with Gasteiger partial charge in [-0.1, -0.05) is 6.92 Å². The molecular weight excluding hydrogens is 350 g/mol. The second-order valence-corrected chi connectivity index (χ2v) is 8.22. The van der Waals surface area contributed by atoms with Crippen LogP contribution in [0.2, 0.25) is 0 Å². The van der Waals surface area contributed by atoms with Crippen molar-refractivity contribution in [3.8, 4) is 11.4 Å². The Morgan fingerprint density at radius 1 is 1.07 bits per heavy atom. The molecule has 4 rings (SSSR count). The zero-order chi connectivity index (χ0) is 19.5. The summed E-state index contributed by atoms with van der Waals surface area (Å²) in [5.41, 5.74) is 1.90. The van der Waals surface area contributed by atoms with Gasteiger partial charge in [0.15, 0.2) is 5.82 Å². The molecule has 1 atom stereocenters. The maximum absolute atomic E-state index is 13.1. The molecule has 2 saturated heterocycles. The third-order valence-corrected chi connectivity index (χ3v) is 5.97. The van der Waals surface area contributed by atoms with Crippen molar-refractivity contribution < 1.29 is 4.79 Å². The molecule has 28 heavy (non-hydrogen) atoms. The third kappa shape index (κ3) is 4.16. The van der Waals surface area contributed by atoms with Crippen molar-refractivity contribution in [1.82, 2.24) is 19.9 Å². The molecule has 0 bridgehead atoms. The maximum Gasteiger partial charge on any atom is 0.227 e. The number of carbonyl (C=O) groups is 1. The predicted molar refractivity (Wildman–Crippen MR) is 110 cm³/mol. The number of piperidine rings is 2. The van der Waals surface area contributed by atoms with Crippen LogP contribution in [0.4, 0.5) is 5.82 Å². The molecule has 0 saturated carbocycles. The van der Waals surface area contributed by atoms with Crippen molar-refractivity contribution in [1.29, 1.82) is 0 Å². The van der Waals surface area contributed by atoms with Crippen molar-refractivity contribution in [2.45, 2.75) is 39.5 Å². The van der Waals surface area contributed by atoms with Crippen LogP contribution in [0.5, 0.6) is 0 Å². The molecule has 2 aliphatic rings. The van der Waals surface area contributed by atoms with Crippen molar-refractivity contribution in [3.63, 3.8) is 0 Å². The van der Waals surface area contributed by atoms with Crippen molar-refractivity contribution in [3.05, 3.63) is 36.3 Å². The van der Waals surface area contributed by atoms with E-state index in [9.17, 15) is 4.79 Å².